The van der Waals surface area contributed by atoms with Gasteiger partial charge in [-0.05, 0) is 25.3 Å². The molecule has 0 aliphatic heterocycles. The van der Waals surface area contributed by atoms with Crippen LogP contribution in [0, 0.1) is 0 Å². The standard InChI is InChI=1S/C16H14N2O3S2/c1-3-5-12(19)21-9(2)14-17-15(20)13-10(8-23-16(13)18-14)11-6-4-7-22-11/h3-9H,1-2H3,(H,17,18,20)/b5-3+/t9-/m1/s1. The van der Waals surface area contributed by atoms with Gasteiger partial charge in [-0.3, -0.25) is 4.79 Å². The van der Waals surface area contributed by atoms with E-state index < -0.39 is 12.1 Å². The number of rotatable bonds is 4. The molecule has 1 N–H and O–H groups in total. The van der Waals surface area contributed by atoms with Gasteiger partial charge in [-0.1, -0.05) is 12.1 Å². The molecule has 3 aromatic rings. The molecule has 0 aliphatic carbocycles. The predicted molar refractivity (Wildman–Crippen MR) is 92.9 cm³/mol. The van der Waals surface area contributed by atoms with Crippen LogP contribution >= 0.6 is 22.7 Å². The topological polar surface area (TPSA) is 72.0 Å². The van der Waals surface area contributed by atoms with E-state index in [1.807, 2.05) is 22.9 Å². The van der Waals surface area contributed by atoms with Crippen molar-refractivity contribution in [2.24, 2.45) is 0 Å². The van der Waals surface area contributed by atoms with Crippen molar-refractivity contribution in [2.45, 2.75) is 20.0 Å². The van der Waals surface area contributed by atoms with Gasteiger partial charge in [-0.25, -0.2) is 9.78 Å². The number of carbonyl (C=O) groups excluding carboxylic acids is 1. The molecule has 7 heteroatoms. The van der Waals surface area contributed by atoms with Crippen LogP contribution in [0.3, 0.4) is 0 Å². The molecule has 0 fully saturated rings. The zero-order chi connectivity index (χ0) is 16.4. The van der Waals surface area contributed by atoms with Gasteiger partial charge in [-0.2, -0.15) is 0 Å². The highest BCUT2D eigenvalue weighted by molar-refractivity contribution is 7.18. The van der Waals surface area contributed by atoms with E-state index in [2.05, 4.69) is 9.97 Å². The molecule has 0 saturated carbocycles. The van der Waals surface area contributed by atoms with Gasteiger partial charge in [0.2, 0.25) is 0 Å². The van der Waals surface area contributed by atoms with Crippen molar-refractivity contribution in [2.75, 3.05) is 0 Å². The molecule has 0 bridgehead atoms. The highest BCUT2D eigenvalue weighted by atomic mass is 32.1. The van der Waals surface area contributed by atoms with Gasteiger partial charge in [0.05, 0.1) is 5.39 Å². The Morgan fingerprint density at radius 3 is 2.96 bits per heavy atom. The Morgan fingerprint density at radius 1 is 1.43 bits per heavy atom. The van der Waals surface area contributed by atoms with E-state index in [9.17, 15) is 9.59 Å². The van der Waals surface area contributed by atoms with Gasteiger partial charge in [0, 0.05) is 21.9 Å². The van der Waals surface area contributed by atoms with Crippen LogP contribution in [0.4, 0.5) is 0 Å². The fraction of sp³-hybridized carbons (Fsp3) is 0.188. The number of ether oxygens (including phenoxy) is 1. The van der Waals surface area contributed by atoms with Crippen LogP contribution < -0.4 is 5.56 Å². The van der Waals surface area contributed by atoms with Gasteiger partial charge >= 0.3 is 5.97 Å². The second-order valence-corrected chi connectivity index (χ2v) is 6.64. The molecule has 0 radical (unpaired) electrons. The summed E-state index contributed by atoms with van der Waals surface area (Å²) in [5, 5.41) is 4.48. The average molecular weight is 346 g/mol. The van der Waals surface area contributed by atoms with Crippen LogP contribution in [0.25, 0.3) is 20.7 Å². The van der Waals surface area contributed by atoms with Gasteiger partial charge < -0.3 is 9.72 Å². The summed E-state index contributed by atoms with van der Waals surface area (Å²) in [5.41, 5.74) is 0.669. The SMILES string of the molecule is C/C=C/C(=O)O[C@H](C)c1nc2scc(-c3cccs3)c2c(=O)[nH]1. The minimum absolute atomic E-state index is 0.219. The lowest BCUT2D eigenvalue weighted by molar-refractivity contribution is -0.142. The number of hydrogen-bond acceptors (Lipinski definition) is 6. The first-order valence-electron chi connectivity index (χ1n) is 6.98. The maximum Gasteiger partial charge on any atom is 0.331 e. The Labute approximate surface area is 140 Å². The van der Waals surface area contributed by atoms with Crippen molar-refractivity contribution >= 4 is 38.9 Å². The van der Waals surface area contributed by atoms with Crippen molar-refractivity contribution < 1.29 is 9.53 Å². The average Bonchev–Trinajstić information content (AvgIpc) is 3.15. The number of aromatic amines is 1. The molecular formula is C16H14N2O3S2. The van der Waals surface area contributed by atoms with Crippen LogP contribution in [0.2, 0.25) is 0 Å². The Bertz CT molecular complexity index is 923. The first kappa shape index (κ1) is 15.6. The number of esters is 1. The summed E-state index contributed by atoms with van der Waals surface area (Å²) in [4.78, 5) is 32.8. The third-order valence-corrected chi connectivity index (χ3v) is 5.01. The molecule has 0 spiro atoms. The number of nitrogens with zero attached hydrogens (tertiary/aromatic N) is 1. The van der Waals surface area contributed by atoms with Gasteiger partial charge in [0.1, 0.15) is 4.83 Å². The third-order valence-electron chi connectivity index (χ3n) is 3.23. The van der Waals surface area contributed by atoms with E-state index in [-0.39, 0.29) is 5.56 Å². The number of aromatic nitrogens is 2. The Morgan fingerprint density at radius 2 is 2.26 bits per heavy atom. The molecule has 3 heterocycles. The minimum atomic E-state index is -0.622. The fourth-order valence-corrected chi connectivity index (χ4v) is 3.95. The third kappa shape index (κ3) is 3.11. The van der Waals surface area contributed by atoms with Gasteiger partial charge in [0.15, 0.2) is 11.9 Å². The van der Waals surface area contributed by atoms with E-state index >= 15 is 0 Å². The Hall–Kier alpha value is -2.25. The molecule has 0 aliphatic rings. The van der Waals surface area contributed by atoms with Crippen molar-refractivity contribution in [1.29, 1.82) is 0 Å². The lowest BCUT2D eigenvalue weighted by atomic mass is 10.2. The van der Waals surface area contributed by atoms with E-state index in [0.29, 0.717) is 16.0 Å². The summed E-state index contributed by atoms with van der Waals surface area (Å²) >= 11 is 2.99. The van der Waals surface area contributed by atoms with Crippen molar-refractivity contribution in [3.63, 3.8) is 0 Å². The van der Waals surface area contributed by atoms with Crippen LogP contribution in [-0.2, 0) is 9.53 Å². The van der Waals surface area contributed by atoms with Crippen molar-refractivity contribution in [3.8, 4) is 10.4 Å². The zero-order valence-corrected chi connectivity index (χ0v) is 14.2. The molecule has 0 amide bonds. The second kappa shape index (κ2) is 6.47. The number of H-pyrrole nitrogens is 1. The summed E-state index contributed by atoms with van der Waals surface area (Å²) in [5.74, 6) is -0.117. The highest BCUT2D eigenvalue weighted by Crippen LogP contribution is 2.33. The summed E-state index contributed by atoms with van der Waals surface area (Å²) in [6, 6.07) is 3.92. The zero-order valence-electron chi connectivity index (χ0n) is 12.5. The summed E-state index contributed by atoms with van der Waals surface area (Å²) in [7, 11) is 0. The normalized spacial score (nSPS) is 12.8. The van der Waals surface area contributed by atoms with E-state index in [1.54, 1.807) is 31.3 Å². The summed E-state index contributed by atoms with van der Waals surface area (Å²) < 4.78 is 5.21. The number of carbonyl (C=O) groups is 1. The quantitative estimate of drug-likeness (QED) is 0.574. The van der Waals surface area contributed by atoms with Crippen molar-refractivity contribution in [3.05, 3.63) is 51.2 Å². The predicted octanol–water partition coefficient (Wildman–Crippen LogP) is 3.89. The fourth-order valence-electron chi connectivity index (χ4n) is 2.18. The Kier molecular flexibility index (Phi) is 4.40. The lowest BCUT2D eigenvalue weighted by Crippen LogP contribution is -2.16. The summed E-state index contributed by atoms with van der Waals surface area (Å²) in [6.45, 7) is 3.41. The van der Waals surface area contributed by atoms with Crippen molar-refractivity contribution in [1.82, 2.24) is 9.97 Å². The molecule has 0 saturated heterocycles. The molecule has 23 heavy (non-hydrogen) atoms. The monoisotopic (exact) mass is 346 g/mol. The lowest BCUT2D eigenvalue weighted by Gasteiger charge is -2.10. The van der Waals surface area contributed by atoms with E-state index in [0.717, 1.165) is 10.4 Å². The number of thiophene rings is 2. The van der Waals surface area contributed by atoms with Gasteiger partial charge in [0.25, 0.3) is 5.56 Å². The molecular weight excluding hydrogens is 332 g/mol. The van der Waals surface area contributed by atoms with E-state index in [1.165, 1.54) is 17.4 Å². The molecule has 1 atom stereocenters. The highest BCUT2D eigenvalue weighted by Gasteiger charge is 2.17. The maximum atomic E-state index is 12.5. The first-order chi connectivity index (χ1) is 11.1. The number of fused-ring (bicyclic) bond motifs is 1. The molecule has 118 valence electrons. The smallest absolute Gasteiger partial charge is 0.331 e. The van der Waals surface area contributed by atoms with E-state index in [4.69, 9.17) is 4.74 Å². The number of nitrogens with one attached hydrogen (secondary N) is 1. The molecule has 3 aromatic heterocycles. The summed E-state index contributed by atoms with van der Waals surface area (Å²) in [6.07, 6.45) is 2.30. The van der Waals surface area contributed by atoms with Crippen LogP contribution in [-0.4, -0.2) is 15.9 Å². The second-order valence-electron chi connectivity index (χ2n) is 4.84. The molecule has 3 rings (SSSR count). The number of allylic oxidation sites excluding steroid dienone is 1. The Balaban J connectivity index is 2.00. The van der Waals surface area contributed by atoms with Crippen LogP contribution in [0.15, 0.2) is 39.8 Å². The minimum Gasteiger partial charge on any atom is -0.451 e. The van der Waals surface area contributed by atoms with Gasteiger partial charge in [-0.15, -0.1) is 22.7 Å². The molecule has 0 aromatic carbocycles. The maximum absolute atomic E-state index is 12.5. The largest absolute Gasteiger partial charge is 0.451 e. The van der Waals surface area contributed by atoms with Crippen LogP contribution in [0.1, 0.15) is 25.8 Å². The number of hydrogen-bond donors (Lipinski definition) is 1. The van der Waals surface area contributed by atoms with Crippen LogP contribution in [0.5, 0.6) is 0 Å². The molecule has 0 unspecified atom stereocenters. The first-order valence-corrected chi connectivity index (χ1v) is 8.74. The molecule has 5 nitrogen and oxygen atoms in total.